The molecule has 0 saturated carbocycles. The van der Waals surface area contributed by atoms with Crippen LogP contribution < -0.4 is 0 Å². The Morgan fingerprint density at radius 3 is 2.68 bits per heavy atom. The molecule has 1 saturated heterocycles. The Balaban J connectivity index is 1.60. The van der Waals surface area contributed by atoms with Crippen LogP contribution in [0.5, 0.6) is 0 Å². The molecular weight excluding hydrogens is 278 g/mol. The Morgan fingerprint density at radius 2 is 2.05 bits per heavy atom. The molecule has 122 valence electrons. The quantitative estimate of drug-likeness (QED) is 0.926. The van der Waals surface area contributed by atoms with Crippen LogP contribution in [0.2, 0.25) is 0 Å². The molecule has 5 heteroatoms. The minimum absolute atomic E-state index is 0.230. The first kappa shape index (κ1) is 15.5. The van der Waals surface area contributed by atoms with Crippen molar-refractivity contribution in [2.45, 2.75) is 58.5 Å². The van der Waals surface area contributed by atoms with E-state index in [1.165, 1.54) is 31.8 Å². The Hall–Kier alpha value is -1.36. The number of nitrogens with zero attached hydrogens (tertiary/aromatic N) is 3. The normalized spacial score (nSPS) is 23.7. The standard InChI is InChI=1S/C17H27N3O2/c1-12(2)19-6-3-13(4-7-19)9-16-18-11-15-10-14(17(21)22)5-8-20(15)16/h11-14H,3-10H2,1-2H3,(H,21,22). The number of piperidine rings is 1. The molecule has 2 aliphatic rings. The van der Waals surface area contributed by atoms with Crippen molar-refractivity contribution in [3.8, 4) is 0 Å². The maximum Gasteiger partial charge on any atom is 0.306 e. The summed E-state index contributed by atoms with van der Waals surface area (Å²) in [6.07, 6.45) is 6.80. The van der Waals surface area contributed by atoms with Crippen molar-refractivity contribution in [2.24, 2.45) is 11.8 Å². The number of carboxylic acid groups (broad SMARTS) is 1. The highest BCUT2D eigenvalue weighted by Gasteiger charge is 2.28. The number of likely N-dealkylation sites (tertiary alicyclic amines) is 1. The minimum Gasteiger partial charge on any atom is -0.481 e. The van der Waals surface area contributed by atoms with Crippen LogP contribution in [0.25, 0.3) is 0 Å². The van der Waals surface area contributed by atoms with Gasteiger partial charge in [-0.2, -0.15) is 0 Å². The second-order valence-electron chi connectivity index (χ2n) is 7.12. The molecule has 0 radical (unpaired) electrons. The Morgan fingerprint density at radius 1 is 1.32 bits per heavy atom. The molecular formula is C17H27N3O2. The van der Waals surface area contributed by atoms with E-state index in [0.29, 0.717) is 12.5 Å². The lowest BCUT2D eigenvalue weighted by atomic mass is 9.92. The molecule has 2 aliphatic heterocycles. The maximum absolute atomic E-state index is 11.1. The average molecular weight is 305 g/mol. The SMILES string of the molecule is CC(C)N1CCC(Cc2ncc3n2CCC(C(=O)O)C3)CC1. The minimum atomic E-state index is -0.671. The average Bonchev–Trinajstić information content (AvgIpc) is 2.90. The predicted molar refractivity (Wildman–Crippen MR) is 84.8 cm³/mol. The predicted octanol–water partition coefficient (Wildman–Crippen LogP) is 2.19. The van der Waals surface area contributed by atoms with Gasteiger partial charge < -0.3 is 14.6 Å². The summed E-state index contributed by atoms with van der Waals surface area (Å²) >= 11 is 0. The number of aliphatic carboxylic acids is 1. The summed E-state index contributed by atoms with van der Waals surface area (Å²) in [5.41, 5.74) is 1.10. The van der Waals surface area contributed by atoms with Gasteiger partial charge >= 0.3 is 5.97 Å². The number of hydrogen-bond donors (Lipinski definition) is 1. The van der Waals surface area contributed by atoms with E-state index >= 15 is 0 Å². The highest BCUT2D eigenvalue weighted by Crippen LogP contribution is 2.26. The van der Waals surface area contributed by atoms with Crippen LogP contribution in [0, 0.1) is 11.8 Å². The van der Waals surface area contributed by atoms with E-state index in [0.717, 1.165) is 31.0 Å². The number of hydrogen-bond acceptors (Lipinski definition) is 3. The van der Waals surface area contributed by atoms with Crippen LogP contribution >= 0.6 is 0 Å². The van der Waals surface area contributed by atoms with E-state index in [2.05, 4.69) is 28.3 Å². The molecule has 0 amide bonds. The Kier molecular flexibility index (Phi) is 4.52. The van der Waals surface area contributed by atoms with Gasteiger partial charge in [0.05, 0.1) is 5.92 Å². The zero-order valence-corrected chi connectivity index (χ0v) is 13.7. The first-order chi connectivity index (χ1) is 10.5. The van der Waals surface area contributed by atoms with E-state index in [4.69, 9.17) is 5.11 Å². The fourth-order valence-corrected chi connectivity index (χ4v) is 3.83. The molecule has 1 atom stereocenters. The molecule has 0 spiro atoms. The third-order valence-electron chi connectivity index (χ3n) is 5.38. The van der Waals surface area contributed by atoms with E-state index in [9.17, 15) is 4.79 Å². The van der Waals surface area contributed by atoms with Gasteiger partial charge in [-0.25, -0.2) is 4.98 Å². The van der Waals surface area contributed by atoms with Gasteiger partial charge in [-0.3, -0.25) is 4.79 Å². The molecule has 0 aliphatic carbocycles. The van der Waals surface area contributed by atoms with Crippen molar-refractivity contribution >= 4 is 5.97 Å². The van der Waals surface area contributed by atoms with E-state index < -0.39 is 5.97 Å². The van der Waals surface area contributed by atoms with Crippen molar-refractivity contribution < 1.29 is 9.90 Å². The van der Waals surface area contributed by atoms with Crippen LogP contribution in [0.1, 0.15) is 44.6 Å². The summed E-state index contributed by atoms with van der Waals surface area (Å²) in [4.78, 5) is 18.3. The molecule has 1 aromatic heterocycles. The molecule has 1 fully saturated rings. The van der Waals surface area contributed by atoms with Gasteiger partial charge in [0.2, 0.25) is 0 Å². The smallest absolute Gasteiger partial charge is 0.306 e. The monoisotopic (exact) mass is 305 g/mol. The summed E-state index contributed by atoms with van der Waals surface area (Å²) in [6.45, 7) is 7.73. The summed E-state index contributed by atoms with van der Waals surface area (Å²) in [7, 11) is 0. The van der Waals surface area contributed by atoms with Gasteiger partial charge in [-0.15, -0.1) is 0 Å². The summed E-state index contributed by atoms with van der Waals surface area (Å²) in [6, 6.07) is 0.646. The number of carboxylic acids is 1. The second kappa shape index (κ2) is 6.41. The number of rotatable bonds is 4. The number of imidazole rings is 1. The summed E-state index contributed by atoms with van der Waals surface area (Å²) in [5, 5.41) is 9.17. The van der Waals surface area contributed by atoms with Gasteiger partial charge in [-0.05, 0) is 52.1 Å². The molecule has 0 bridgehead atoms. The fourth-order valence-electron chi connectivity index (χ4n) is 3.83. The summed E-state index contributed by atoms with van der Waals surface area (Å²) < 4.78 is 2.27. The Labute approximate surface area is 132 Å². The van der Waals surface area contributed by atoms with Crippen LogP contribution in [0.4, 0.5) is 0 Å². The molecule has 0 aromatic carbocycles. The van der Waals surface area contributed by atoms with Crippen molar-refractivity contribution in [3.63, 3.8) is 0 Å². The molecule has 1 N–H and O–H groups in total. The van der Waals surface area contributed by atoms with E-state index in [1.807, 2.05) is 6.20 Å². The zero-order chi connectivity index (χ0) is 15.7. The van der Waals surface area contributed by atoms with Gasteiger partial charge in [0.25, 0.3) is 0 Å². The number of aromatic nitrogens is 2. The van der Waals surface area contributed by atoms with Gasteiger partial charge in [0.15, 0.2) is 0 Å². The second-order valence-corrected chi connectivity index (χ2v) is 7.12. The molecule has 5 nitrogen and oxygen atoms in total. The fraction of sp³-hybridized carbons (Fsp3) is 0.765. The van der Waals surface area contributed by atoms with Crippen LogP contribution in [-0.4, -0.2) is 44.7 Å². The van der Waals surface area contributed by atoms with Gasteiger partial charge in [0, 0.05) is 37.3 Å². The first-order valence-electron chi connectivity index (χ1n) is 8.54. The highest BCUT2D eigenvalue weighted by molar-refractivity contribution is 5.70. The summed E-state index contributed by atoms with van der Waals surface area (Å²) in [5.74, 6) is 0.988. The van der Waals surface area contributed by atoms with Crippen LogP contribution in [0.3, 0.4) is 0 Å². The van der Waals surface area contributed by atoms with Crippen molar-refractivity contribution in [1.82, 2.24) is 14.5 Å². The third kappa shape index (κ3) is 3.19. The number of carbonyl (C=O) groups is 1. The van der Waals surface area contributed by atoms with Gasteiger partial charge in [0.1, 0.15) is 5.82 Å². The largest absolute Gasteiger partial charge is 0.481 e. The zero-order valence-electron chi connectivity index (χ0n) is 13.7. The number of fused-ring (bicyclic) bond motifs is 1. The topological polar surface area (TPSA) is 58.4 Å². The Bertz CT molecular complexity index is 530. The molecule has 3 heterocycles. The van der Waals surface area contributed by atoms with E-state index in [-0.39, 0.29) is 5.92 Å². The van der Waals surface area contributed by atoms with E-state index in [1.54, 1.807) is 0 Å². The first-order valence-corrected chi connectivity index (χ1v) is 8.54. The molecule has 1 aromatic rings. The lowest BCUT2D eigenvalue weighted by Crippen LogP contribution is -2.39. The van der Waals surface area contributed by atoms with Gasteiger partial charge in [-0.1, -0.05) is 0 Å². The lowest BCUT2D eigenvalue weighted by Gasteiger charge is -2.34. The third-order valence-corrected chi connectivity index (χ3v) is 5.38. The van der Waals surface area contributed by atoms with Crippen molar-refractivity contribution in [2.75, 3.05) is 13.1 Å². The molecule has 1 unspecified atom stereocenters. The van der Waals surface area contributed by atoms with Crippen molar-refractivity contribution in [1.29, 1.82) is 0 Å². The molecule has 3 rings (SSSR count). The highest BCUT2D eigenvalue weighted by atomic mass is 16.4. The van der Waals surface area contributed by atoms with Crippen molar-refractivity contribution in [3.05, 3.63) is 17.7 Å². The van der Waals surface area contributed by atoms with Crippen LogP contribution in [-0.2, 0) is 24.2 Å². The maximum atomic E-state index is 11.1. The molecule has 22 heavy (non-hydrogen) atoms. The lowest BCUT2D eigenvalue weighted by molar-refractivity contribution is -0.142. The van der Waals surface area contributed by atoms with Crippen LogP contribution in [0.15, 0.2) is 6.20 Å².